The Labute approximate surface area is 144 Å². The van der Waals surface area contributed by atoms with Crippen LogP contribution in [0.25, 0.3) is 5.69 Å². The standard InChI is InChI=1S/C18H20FN3O3/c1-11-3-4-13(18(24)25)10-21(11)17(23)16-9-20-22(12(16)2)15-7-5-14(19)6-8-15/h5-9,11,13H,3-4,10H2,1-2H3,(H,24,25). The molecular formula is C18H20FN3O3. The van der Waals surface area contributed by atoms with Crippen molar-refractivity contribution >= 4 is 11.9 Å². The van der Waals surface area contributed by atoms with Crippen LogP contribution in [-0.2, 0) is 4.79 Å². The Morgan fingerprint density at radius 3 is 2.56 bits per heavy atom. The van der Waals surface area contributed by atoms with Crippen molar-refractivity contribution in [1.82, 2.24) is 14.7 Å². The third kappa shape index (κ3) is 3.26. The van der Waals surface area contributed by atoms with Crippen molar-refractivity contribution in [3.05, 3.63) is 47.5 Å². The summed E-state index contributed by atoms with van der Waals surface area (Å²) in [5.41, 5.74) is 1.73. The van der Waals surface area contributed by atoms with Gasteiger partial charge in [0.15, 0.2) is 0 Å². The lowest BCUT2D eigenvalue weighted by atomic mass is 9.93. The fraction of sp³-hybridized carbons (Fsp3) is 0.389. The molecule has 0 radical (unpaired) electrons. The Kier molecular flexibility index (Phi) is 4.57. The molecule has 25 heavy (non-hydrogen) atoms. The van der Waals surface area contributed by atoms with Gasteiger partial charge in [0.2, 0.25) is 0 Å². The number of amides is 1. The molecule has 1 fully saturated rings. The number of piperidine rings is 1. The van der Waals surface area contributed by atoms with Gasteiger partial charge in [0.1, 0.15) is 5.82 Å². The van der Waals surface area contributed by atoms with E-state index < -0.39 is 11.9 Å². The van der Waals surface area contributed by atoms with Gasteiger partial charge in [-0.1, -0.05) is 0 Å². The molecule has 0 aliphatic carbocycles. The number of carbonyl (C=O) groups is 2. The molecule has 132 valence electrons. The van der Waals surface area contributed by atoms with E-state index in [0.29, 0.717) is 29.8 Å². The second-order valence-corrected chi connectivity index (χ2v) is 6.45. The van der Waals surface area contributed by atoms with Crippen molar-refractivity contribution in [3.8, 4) is 5.69 Å². The number of hydrogen-bond acceptors (Lipinski definition) is 3. The minimum absolute atomic E-state index is 0.0170. The first kappa shape index (κ1) is 17.1. The quantitative estimate of drug-likeness (QED) is 0.928. The highest BCUT2D eigenvalue weighted by Crippen LogP contribution is 2.25. The van der Waals surface area contributed by atoms with Gasteiger partial charge >= 0.3 is 5.97 Å². The summed E-state index contributed by atoms with van der Waals surface area (Å²) in [7, 11) is 0. The molecule has 1 N–H and O–H groups in total. The minimum Gasteiger partial charge on any atom is -0.481 e. The molecular weight excluding hydrogens is 325 g/mol. The zero-order valence-corrected chi connectivity index (χ0v) is 14.1. The van der Waals surface area contributed by atoms with E-state index in [1.165, 1.54) is 18.3 Å². The molecule has 1 aliphatic heterocycles. The number of carboxylic acid groups (broad SMARTS) is 1. The molecule has 2 atom stereocenters. The molecule has 0 bridgehead atoms. The smallest absolute Gasteiger partial charge is 0.308 e. The largest absolute Gasteiger partial charge is 0.481 e. The number of carbonyl (C=O) groups excluding carboxylic acids is 1. The number of carboxylic acids is 1. The molecule has 1 aliphatic rings. The zero-order valence-electron chi connectivity index (χ0n) is 14.1. The highest BCUT2D eigenvalue weighted by Gasteiger charge is 2.34. The molecule has 1 saturated heterocycles. The number of aliphatic carboxylic acids is 1. The van der Waals surface area contributed by atoms with Crippen LogP contribution in [0.15, 0.2) is 30.5 Å². The van der Waals surface area contributed by atoms with E-state index in [1.807, 2.05) is 6.92 Å². The average Bonchev–Trinajstić information content (AvgIpc) is 2.97. The lowest BCUT2D eigenvalue weighted by Gasteiger charge is -2.36. The van der Waals surface area contributed by atoms with Gasteiger partial charge in [-0.05, 0) is 51.0 Å². The summed E-state index contributed by atoms with van der Waals surface area (Å²) in [4.78, 5) is 25.8. The van der Waals surface area contributed by atoms with Crippen molar-refractivity contribution in [3.63, 3.8) is 0 Å². The molecule has 0 saturated carbocycles. The zero-order chi connectivity index (χ0) is 18.1. The topological polar surface area (TPSA) is 75.4 Å². The van der Waals surface area contributed by atoms with E-state index in [4.69, 9.17) is 0 Å². The van der Waals surface area contributed by atoms with Gasteiger partial charge in [-0.25, -0.2) is 9.07 Å². The molecule has 0 spiro atoms. The summed E-state index contributed by atoms with van der Waals surface area (Å²) in [6, 6.07) is 5.84. The number of halogens is 1. The average molecular weight is 345 g/mol. The Morgan fingerprint density at radius 2 is 1.92 bits per heavy atom. The molecule has 1 amide bonds. The first-order chi connectivity index (χ1) is 11.9. The lowest BCUT2D eigenvalue weighted by molar-refractivity contribution is -0.143. The molecule has 3 rings (SSSR count). The molecule has 1 aromatic heterocycles. The van der Waals surface area contributed by atoms with Gasteiger partial charge in [0.05, 0.1) is 29.1 Å². The summed E-state index contributed by atoms with van der Waals surface area (Å²) in [5, 5.41) is 13.5. The maximum Gasteiger partial charge on any atom is 0.308 e. The molecule has 2 unspecified atom stereocenters. The fourth-order valence-electron chi connectivity index (χ4n) is 3.21. The second kappa shape index (κ2) is 6.66. The van der Waals surface area contributed by atoms with E-state index in [1.54, 1.807) is 28.6 Å². The number of rotatable bonds is 3. The first-order valence-corrected chi connectivity index (χ1v) is 8.23. The monoisotopic (exact) mass is 345 g/mol. The van der Waals surface area contributed by atoms with E-state index in [9.17, 15) is 19.1 Å². The van der Waals surface area contributed by atoms with Crippen molar-refractivity contribution in [2.24, 2.45) is 5.92 Å². The van der Waals surface area contributed by atoms with Gasteiger partial charge in [-0.15, -0.1) is 0 Å². The summed E-state index contributed by atoms with van der Waals surface area (Å²) in [6.45, 7) is 3.90. The van der Waals surface area contributed by atoms with Crippen molar-refractivity contribution in [2.45, 2.75) is 32.7 Å². The van der Waals surface area contributed by atoms with Gasteiger partial charge < -0.3 is 10.0 Å². The Hall–Kier alpha value is -2.70. The Morgan fingerprint density at radius 1 is 1.24 bits per heavy atom. The van der Waals surface area contributed by atoms with Crippen LogP contribution in [0.3, 0.4) is 0 Å². The maximum absolute atomic E-state index is 13.1. The van der Waals surface area contributed by atoms with Gasteiger partial charge in [-0.2, -0.15) is 5.10 Å². The number of hydrogen-bond donors (Lipinski definition) is 1. The fourth-order valence-corrected chi connectivity index (χ4v) is 3.21. The number of benzene rings is 1. The van der Waals surface area contributed by atoms with E-state index in [2.05, 4.69) is 5.10 Å². The van der Waals surface area contributed by atoms with Crippen LogP contribution in [-0.4, -0.2) is 44.3 Å². The molecule has 6 nitrogen and oxygen atoms in total. The molecule has 7 heteroatoms. The van der Waals surface area contributed by atoms with Crippen LogP contribution in [0.1, 0.15) is 35.8 Å². The maximum atomic E-state index is 13.1. The molecule has 2 heterocycles. The summed E-state index contributed by atoms with van der Waals surface area (Å²) in [6.07, 6.45) is 2.72. The Balaban J connectivity index is 1.87. The molecule has 1 aromatic carbocycles. The van der Waals surface area contributed by atoms with Gasteiger partial charge in [-0.3, -0.25) is 9.59 Å². The van der Waals surface area contributed by atoms with Crippen LogP contribution in [0, 0.1) is 18.7 Å². The van der Waals surface area contributed by atoms with E-state index >= 15 is 0 Å². The number of aromatic nitrogens is 2. The van der Waals surface area contributed by atoms with Crippen molar-refractivity contribution in [2.75, 3.05) is 6.54 Å². The predicted octanol–water partition coefficient (Wildman–Crippen LogP) is 2.65. The third-order valence-corrected chi connectivity index (χ3v) is 4.80. The summed E-state index contributed by atoms with van der Waals surface area (Å²) < 4.78 is 14.7. The first-order valence-electron chi connectivity index (χ1n) is 8.23. The van der Waals surface area contributed by atoms with Gasteiger partial charge in [0.25, 0.3) is 5.91 Å². The van der Waals surface area contributed by atoms with Crippen LogP contribution >= 0.6 is 0 Å². The number of likely N-dealkylation sites (tertiary alicyclic amines) is 1. The van der Waals surface area contributed by atoms with Crippen molar-refractivity contribution < 1.29 is 19.1 Å². The molecule has 2 aromatic rings. The minimum atomic E-state index is -0.872. The van der Waals surface area contributed by atoms with E-state index in [-0.39, 0.29) is 24.3 Å². The van der Waals surface area contributed by atoms with Crippen LogP contribution in [0.4, 0.5) is 4.39 Å². The highest BCUT2D eigenvalue weighted by molar-refractivity contribution is 5.95. The van der Waals surface area contributed by atoms with Crippen LogP contribution in [0.5, 0.6) is 0 Å². The highest BCUT2D eigenvalue weighted by atomic mass is 19.1. The van der Waals surface area contributed by atoms with Crippen LogP contribution in [0.2, 0.25) is 0 Å². The normalized spacial score (nSPS) is 20.5. The number of nitrogens with zero attached hydrogens (tertiary/aromatic N) is 3. The SMILES string of the molecule is Cc1c(C(=O)N2CC(C(=O)O)CCC2C)cnn1-c1ccc(F)cc1. The predicted molar refractivity (Wildman–Crippen MR) is 89.1 cm³/mol. The summed E-state index contributed by atoms with van der Waals surface area (Å²) >= 11 is 0. The lowest BCUT2D eigenvalue weighted by Crippen LogP contribution is -2.47. The van der Waals surface area contributed by atoms with Gasteiger partial charge in [0, 0.05) is 12.6 Å². The Bertz CT molecular complexity index is 800. The third-order valence-electron chi connectivity index (χ3n) is 4.80. The van der Waals surface area contributed by atoms with Crippen molar-refractivity contribution in [1.29, 1.82) is 0 Å². The van der Waals surface area contributed by atoms with Crippen LogP contribution < -0.4 is 0 Å². The van der Waals surface area contributed by atoms with E-state index in [0.717, 1.165) is 0 Å². The second-order valence-electron chi connectivity index (χ2n) is 6.45. The summed E-state index contributed by atoms with van der Waals surface area (Å²) in [5.74, 6) is -1.97.